The van der Waals surface area contributed by atoms with Crippen LogP contribution in [0.4, 0.5) is 6.01 Å². The molecule has 7 nitrogen and oxygen atoms in total. The topological polar surface area (TPSA) is 98.1 Å². The number of hydrogen-bond donors (Lipinski definition) is 1. The van der Waals surface area contributed by atoms with Crippen LogP contribution in [0.15, 0.2) is 28.9 Å². The average Bonchev–Trinajstić information content (AvgIpc) is 2.97. The molecule has 92 valence electrons. The Morgan fingerprint density at radius 1 is 1.44 bits per heavy atom. The van der Waals surface area contributed by atoms with Crippen LogP contribution in [-0.2, 0) is 4.79 Å². The van der Waals surface area contributed by atoms with E-state index >= 15 is 0 Å². The highest BCUT2D eigenvalue weighted by atomic mass is 16.4. The van der Waals surface area contributed by atoms with Gasteiger partial charge in [-0.15, -0.1) is 5.10 Å². The number of rotatable bonds is 2. The second kappa shape index (κ2) is 4.19. The van der Waals surface area contributed by atoms with Gasteiger partial charge in [0, 0.05) is 31.4 Å². The first-order valence-corrected chi connectivity index (χ1v) is 5.54. The second-order valence-electron chi connectivity index (χ2n) is 4.10. The fourth-order valence-corrected chi connectivity index (χ4v) is 1.85. The Morgan fingerprint density at radius 3 is 3.00 bits per heavy atom. The minimum atomic E-state index is -0.175. The Morgan fingerprint density at radius 2 is 2.33 bits per heavy atom. The minimum Gasteiger partial charge on any atom is -0.403 e. The van der Waals surface area contributed by atoms with Gasteiger partial charge in [-0.2, -0.15) is 0 Å². The third kappa shape index (κ3) is 1.84. The summed E-state index contributed by atoms with van der Waals surface area (Å²) in [6, 6.07) is 3.59. The van der Waals surface area contributed by atoms with Gasteiger partial charge in [0.15, 0.2) is 0 Å². The molecule has 0 bridgehead atoms. The summed E-state index contributed by atoms with van der Waals surface area (Å²) in [5, 5.41) is 7.76. The van der Waals surface area contributed by atoms with Crippen molar-refractivity contribution in [3.8, 4) is 11.5 Å². The molecular weight excluding hydrogens is 234 g/mol. The Bertz CT molecular complexity index is 568. The van der Waals surface area contributed by atoms with Crippen molar-refractivity contribution in [2.45, 2.75) is 12.5 Å². The quantitative estimate of drug-likeness (QED) is 0.811. The van der Waals surface area contributed by atoms with Crippen molar-refractivity contribution in [1.82, 2.24) is 15.2 Å². The second-order valence-corrected chi connectivity index (χ2v) is 4.10. The van der Waals surface area contributed by atoms with Crippen LogP contribution in [0.1, 0.15) is 6.42 Å². The molecule has 2 aromatic heterocycles. The zero-order chi connectivity index (χ0) is 12.5. The van der Waals surface area contributed by atoms with E-state index in [1.807, 2.05) is 6.07 Å². The molecule has 7 heteroatoms. The number of carbonyl (C=O) groups is 1. The molecule has 1 aliphatic heterocycles. The summed E-state index contributed by atoms with van der Waals surface area (Å²) < 4.78 is 5.46. The summed E-state index contributed by atoms with van der Waals surface area (Å²) in [5.41, 5.74) is 6.42. The third-order valence-electron chi connectivity index (χ3n) is 2.71. The zero-order valence-corrected chi connectivity index (χ0v) is 9.48. The molecule has 3 rings (SSSR count). The van der Waals surface area contributed by atoms with Crippen LogP contribution in [0.25, 0.3) is 11.5 Å². The molecule has 1 fully saturated rings. The predicted octanol–water partition coefficient (Wildman–Crippen LogP) is 0.196. The number of amides is 1. The average molecular weight is 245 g/mol. The van der Waals surface area contributed by atoms with E-state index in [9.17, 15) is 4.79 Å². The first kappa shape index (κ1) is 10.8. The van der Waals surface area contributed by atoms with Gasteiger partial charge in [-0.25, -0.2) is 0 Å². The van der Waals surface area contributed by atoms with E-state index < -0.39 is 0 Å². The number of pyridine rings is 1. The molecule has 1 amide bonds. The van der Waals surface area contributed by atoms with E-state index in [0.29, 0.717) is 24.4 Å². The number of carbonyl (C=O) groups excluding carboxylic acids is 1. The van der Waals surface area contributed by atoms with Gasteiger partial charge in [0.25, 0.3) is 5.89 Å². The van der Waals surface area contributed by atoms with E-state index in [1.54, 1.807) is 18.5 Å². The highest BCUT2D eigenvalue weighted by Crippen LogP contribution is 2.23. The van der Waals surface area contributed by atoms with E-state index in [2.05, 4.69) is 15.2 Å². The van der Waals surface area contributed by atoms with Gasteiger partial charge in [0.2, 0.25) is 5.91 Å². The Hall–Kier alpha value is -2.28. The third-order valence-corrected chi connectivity index (χ3v) is 2.71. The van der Waals surface area contributed by atoms with E-state index in [0.717, 1.165) is 0 Å². The minimum absolute atomic E-state index is 0.0936. The maximum atomic E-state index is 11.6. The van der Waals surface area contributed by atoms with Crippen molar-refractivity contribution in [3.63, 3.8) is 0 Å². The first-order valence-electron chi connectivity index (χ1n) is 5.54. The van der Waals surface area contributed by atoms with Crippen LogP contribution < -0.4 is 10.6 Å². The van der Waals surface area contributed by atoms with Crippen LogP contribution in [-0.4, -0.2) is 33.7 Å². The van der Waals surface area contributed by atoms with Crippen LogP contribution in [0.3, 0.4) is 0 Å². The monoisotopic (exact) mass is 245 g/mol. The van der Waals surface area contributed by atoms with E-state index in [-0.39, 0.29) is 18.0 Å². The molecule has 0 spiro atoms. The Kier molecular flexibility index (Phi) is 2.52. The van der Waals surface area contributed by atoms with Gasteiger partial charge in [-0.3, -0.25) is 14.7 Å². The van der Waals surface area contributed by atoms with Crippen molar-refractivity contribution in [3.05, 3.63) is 24.5 Å². The van der Waals surface area contributed by atoms with Crippen LogP contribution in [0, 0.1) is 0 Å². The van der Waals surface area contributed by atoms with Gasteiger partial charge < -0.3 is 10.2 Å². The molecule has 1 saturated heterocycles. The Balaban J connectivity index is 1.88. The lowest BCUT2D eigenvalue weighted by atomic mass is 10.3. The molecule has 2 N–H and O–H groups in total. The van der Waals surface area contributed by atoms with Crippen molar-refractivity contribution in [1.29, 1.82) is 0 Å². The highest BCUT2D eigenvalue weighted by Gasteiger charge is 2.31. The van der Waals surface area contributed by atoms with Crippen molar-refractivity contribution >= 4 is 11.9 Å². The molecule has 1 atom stereocenters. The molecule has 1 aliphatic rings. The largest absolute Gasteiger partial charge is 0.403 e. The summed E-state index contributed by atoms with van der Waals surface area (Å²) in [6.07, 6.45) is 3.59. The fourth-order valence-electron chi connectivity index (χ4n) is 1.85. The maximum Gasteiger partial charge on any atom is 0.325 e. The van der Waals surface area contributed by atoms with Crippen LogP contribution in [0.2, 0.25) is 0 Å². The van der Waals surface area contributed by atoms with Gasteiger partial charge in [0.05, 0.1) is 5.56 Å². The Labute approximate surface area is 103 Å². The van der Waals surface area contributed by atoms with Crippen molar-refractivity contribution in [2.24, 2.45) is 5.73 Å². The molecule has 0 saturated carbocycles. The number of anilines is 1. The van der Waals surface area contributed by atoms with Gasteiger partial charge in [0.1, 0.15) is 0 Å². The molecule has 2 aromatic rings. The summed E-state index contributed by atoms with van der Waals surface area (Å²) in [6.45, 7) is 0.410. The standard InChI is InChI=1S/C11H11N5O2/c12-8-4-9(17)16(6-8)11-15-14-10(18-11)7-2-1-3-13-5-7/h1-3,5,8H,4,6,12H2. The number of nitrogens with two attached hydrogens (primary N) is 1. The highest BCUT2D eigenvalue weighted by molar-refractivity contribution is 5.94. The van der Waals surface area contributed by atoms with Gasteiger partial charge >= 0.3 is 6.01 Å². The summed E-state index contributed by atoms with van der Waals surface area (Å²) in [7, 11) is 0. The van der Waals surface area contributed by atoms with Gasteiger partial charge in [-0.05, 0) is 12.1 Å². The van der Waals surface area contributed by atoms with Crippen LogP contribution >= 0.6 is 0 Å². The number of hydrogen-bond acceptors (Lipinski definition) is 6. The lowest BCUT2D eigenvalue weighted by Gasteiger charge is -2.08. The van der Waals surface area contributed by atoms with Gasteiger partial charge in [-0.1, -0.05) is 5.10 Å². The molecule has 3 heterocycles. The summed E-state index contributed by atoms with van der Waals surface area (Å²) >= 11 is 0. The smallest absolute Gasteiger partial charge is 0.325 e. The molecule has 0 aliphatic carbocycles. The maximum absolute atomic E-state index is 11.6. The number of aromatic nitrogens is 3. The van der Waals surface area contributed by atoms with Crippen molar-refractivity contribution < 1.29 is 9.21 Å². The molecular formula is C11H11N5O2. The predicted molar refractivity (Wildman–Crippen MR) is 62.5 cm³/mol. The molecule has 18 heavy (non-hydrogen) atoms. The SMILES string of the molecule is NC1CC(=O)N(c2nnc(-c3cccnc3)o2)C1. The first-order chi connectivity index (χ1) is 8.74. The summed E-state index contributed by atoms with van der Waals surface area (Å²) in [5.74, 6) is 0.246. The normalized spacial score (nSPS) is 19.5. The van der Waals surface area contributed by atoms with E-state index in [1.165, 1.54) is 4.90 Å². The number of nitrogens with zero attached hydrogens (tertiary/aromatic N) is 4. The van der Waals surface area contributed by atoms with E-state index in [4.69, 9.17) is 10.2 Å². The molecule has 0 aromatic carbocycles. The lowest BCUT2D eigenvalue weighted by molar-refractivity contribution is -0.117. The summed E-state index contributed by atoms with van der Waals surface area (Å²) in [4.78, 5) is 17.0. The van der Waals surface area contributed by atoms with Crippen LogP contribution in [0.5, 0.6) is 0 Å². The molecule has 1 unspecified atom stereocenters. The lowest BCUT2D eigenvalue weighted by Crippen LogP contribution is -2.28. The van der Waals surface area contributed by atoms with Crippen molar-refractivity contribution in [2.75, 3.05) is 11.4 Å². The molecule has 0 radical (unpaired) electrons. The zero-order valence-electron chi connectivity index (χ0n) is 9.48. The fraction of sp³-hybridized carbons (Fsp3) is 0.273.